The summed E-state index contributed by atoms with van der Waals surface area (Å²) in [5, 5.41) is 11.1. The summed E-state index contributed by atoms with van der Waals surface area (Å²) in [6, 6.07) is 17.9. The van der Waals surface area contributed by atoms with E-state index < -0.39 is 0 Å². The predicted octanol–water partition coefficient (Wildman–Crippen LogP) is 4.50. The Morgan fingerprint density at radius 1 is 1.00 bits per heavy atom. The molecule has 3 aromatic rings. The SMILES string of the molecule is S=C(Nc1ccc(Br)cc1)Nc1ccc(Cn2cccn2)cc1. The Bertz CT molecular complexity index is 767. The topological polar surface area (TPSA) is 41.9 Å². The second-order valence-electron chi connectivity index (χ2n) is 4.99. The van der Waals surface area contributed by atoms with Crippen LogP contribution in [0.3, 0.4) is 0 Å². The summed E-state index contributed by atoms with van der Waals surface area (Å²) in [7, 11) is 0. The number of nitrogens with zero attached hydrogens (tertiary/aromatic N) is 2. The standard InChI is InChI=1S/C17H15BrN4S/c18-14-4-8-16(9-5-14)21-17(23)20-15-6-2-13(3-7-15)12-22-11-1-10-19-22/h1-11H,12H2,(H2,20,21,23). The van der Waals surface area contributed by atoms with Crippen LogP contribution in [0.5, 0.6) is 0 Å². The highest BCUT2D eigenvalue weighted by atomic mass is 79.9. The van der Waals surface area contributed by atoms with Crippen LogP contribution in [-0.2, 0) is 6.54 Å². The lowest BCUT2D eigenvalue weighted by Gasteiger charge is -2.11. The van der Waals surface area contributed by atoms with E-state index in [-0.39, 0.29) is 0 Å². The number of halogens is 1. The lowest BCUT2D eigenvalue weighted by atomic mass is 10.2. The van der Waals surface area contributed by atoms with Gasteiger partial charge in [0.1, 0.15) is 0 Å². The average Bonchev–Trinajstić information content (AvgIpc) is 3.04. The van der Waals surface area contributed by atoms with Crippen molar-refractivity contribution in [3.8, 4) is 0 Å². The van der Waals surface area contributed by atoms with Crippen LogP contribution in [0.1, 0.15) is 5.56 Å². The van der Waals surface area contributed by atoms with Crippen LogP contribution >= 0.6 is 28.1 Å². The molecule has 0 aliphatic heterocycles. The molecule has 3 rings (SSSR count). The minimum Gasteiger partial charge on any atom is -0.332 e. The number of anilines is 2. The van der Waals surface area contributed by atoms with Gasteiger partial charge in [-0.2, -0.15) is 5.10 Å². The first kappa shape index (κ1) is 15.7. The quantitative estimate of drug-likeness (QED) is 0.647. The molecule has 2 N–H and O–H groups in total. The normalized spacial score (nSPS) is 10.3. The fourth-order valence-corrected chi connectivity index (χ4v) is 2.60. The molecule has 1 heterocycles. The third kappa shape index (κ3) is 4.64. The summed E-state index contributed by atoms with van der Waals surface area (Å²) in [5.74, 6) is 0. The number of hydrogen-bond donors (Lipinski definition) is 2. The van der Waals surface area contributed by atoms with Crippen LogP contribution in [0, 0.1) is 0 Å². The molecule has 0 aliphatic rings. The summed E-state index contributed by atoms with van der Waals surface area (Å²) < 4.78 is 2.93. The first-order valence-electron chi connectivity index (χ1n) is 7.09. The zero-order valence-electron chi connectivity index (χ0n) is 12.2. The maximum absolute atomic E-state index is 5.33. The molecule has 1 aromatic heterocycles. The van der Waals surface area contributed by atoms with E-state index in [0.717, 1.165) is 22.4 Å². The van der Waals surface area contributed by atoms with E-state index in [1.807, 2.05) is 53.3 Å². The van der Waals surface area contributed by atoms with E-state index in [1.54, 1.807) is 6.20 Å². The van der Waals surface area contributed by atoms with Crippen LogP contribution in [0.25, 0.3) is 0 Å². The molecular formula is C17H15BrN4S. The third-order valence-electron chi connectivity index (χ3n) is 3.22. The second-order valence-corrected chi connectivity index (χ2v) is 6.31. The van der Waals surface area contributed by atoms with Crippen molar-refractivity contribution in [2.75, 3.05) is 10.6 Å². The molecule has 0 aliphatic carbocycles. The van der Waals surface area contributed by atoms with Crippen LogP contribution in [0.2, 0.25) is 0 Å². The van der Waals surface area contributed by atoms with Crippen LogP contribution in [0.4, 0.5) is 11.4 Å². The number of benzene rings is 2. The van der Waals surface area contributed by atoms with Gasteiger partial charge in [-0.15, -0.1) is 0 Å². The summed E-state index contributed by atoms with van der Waals surface area (Å²) in [6.45, 7) is 0.759. The molecule has 116 valence electrons. The third-order valence-corrected chi connectivity index (χ3v) is 3.95. The van der Waals surface area contributed by atoms with Crippen molar-refractivity contribution < 1.29 is 0 Å². The van der Waals surface area contributed by atoms with E-state index >= 15 is 0 Å². The van der Waals surface area contributed by atoms with Crippen molar-refractivity contribution in [3.63, 3.8) is 0 Å². The molecule has 0 unspecified atom stereocenters. The van der Waals surface area contributed by atoms with Crippen molar-refractivity contribution >= 4 is 44.6 Å². The van der Waals surface area contributed by atoms with Crippen LogP contribution < -0.4 is 10.6 Å². The summed E-state index contributed by atoms with van der Waals surface area (Å²) >= 11 is 8.74. The van der Waals surface area contributed by atoms with Gasteiger partial charge in [-0.1, -0.05) is 28.1 Å². The fourth-order valence-electron chi connectivity index (χ4n) is 2.10. The van der Waals surface area contributed by atoms with E-state index in [0.29, 0.717) is 5.11 Å². The number of hydrogen-bond acceptors (Lipinski definition) is 2. The summed E-state index contributed by atoms with van der Waals surface area (Å²) in [5.41, 5.74) is 3.08. The van der Waals surface area contributed by atoms with Gasteiger partial charge in [0.2, 0.25) is 0 Å². The van der Waals surface area contributed by atoms with E-state index in [2.05, 4.69) is 43.8 Å². The maximum Gasteiger partial charge on any atom is 0.175 e. The van der Waals surface area contributed by atoms with E-state index in [4.69, 9.17) is 12.2 Å². The van der Waals surface area contributed by atoms with Crippen LogP contribution in [0.15, 0.2) is 71.5 Å². The minimum absolute atomic E-state index is 0.562. The predicted molar refractivity (Wildman–Crippen MR) is 102 cm³/mol. The van der Waals surface area contributed by atoms with Gasteiger partial charge in [-0.05, 0) is 60.2 Å². The number of aromatic nitrogens is 2. The fraction of sp³-hybridized carbons (Fsp3) is 0.0588. The van der Waals surface area contributed by atoms with Gasteiger partial charge < -0.3 is 10.6 Å². The highest BCUT2D eigenvalue weighted by molar-refractivity contribution is 9.10. The Balaban J connectivity index is 1.57. The first-order valence-corrected chi connectivity index (χ1v) is 8.29. The van der Waals surface area contributed by atoms with Gasteiger partial charge in [0.05, 0.1) is 6.54 Å². The monoisotopic (exact) mass is 386 g/mol. The summed E-state index contributed by atoms with van der Waals surface area (Å²) in [6.07, 6.45) is 3.73. The minimum atomic E-state index is 0.562. The molecule has 0 saturated carbocycles. The first-order chi connectivity index (χ1) is 11.2. The van der Waals surface area contributed by atoms with Gasteiger partial charge in [0, 0.05) is 28.2 Å². The smallest absolute Gasteiger partial charge is 0.175 e. The van der Waals surface area contributed by atoms with Crippen LogP contribution in [-0.4, -0.2) is 14.9 Å². The largest absolute Gasteiger partial charge is 0.332 e. The van der Waals surface area contributed by atoms with Crippen molar-refractivity contribution in [2.24, 2.45) is 0 Å². The molecule has 0 bridgehead atoms. The van der Waals surface area contributed by atoms with E-state index in [1.165, 1.54) is 5.56 Å². The van der Waals surface area contributed by atoms with E-state index in [9.17, 15) is 0 Å². The number of nitrogens with one attached hydrogen (secondary N) is 2. The van der Waals surface area contributed by atoms with Gasteiger partial charge in [-0.3, -0.25) is 4.68 Å². The van der Waals surface area contributed by atoms with Crippen molar-refractivity contribution in [2.45, 2.75) is 6.54 Å². The highest BCUT2D eigenvalue weighted by Crippen LogP contribution is 2.15. The molecule has 4 nitrogen and oxygen atoms in total. The van der Waals surface area contributed by atoms with Gasteiger partial charge >= 0.3 is 0 Å². The Kier molecular flexibility index (Phi) is 5.05. The second kappa shape index (κ2) is 7.39. The summed E-state index contributed by atoms with van der Waals surface area (Å²) in [4.78, 5) is 0. The lowest BCUT2D eigenvalue weighted by molar-refractivity contribution is 0.687. The van der Waals surface area contributed by atoms with Crippen molar-refractivity contribution in [1.82, 2.24) is 9.78 Å². The molecular weight excluding hydrogens is 372 g/mol. The molecule has 0 atom stereocenters. The molecule has 2 aromatic carbocycles. The molecule has 0 fully saturated rings. The molecule has 0 amide bonds. The molecule has 0 saturated heterocycles. The molecule has 0 spiro atoms. The molecule has 0 radical (unpaired) electrons. The number of rotatable bonds is 4. The van der Waals surface area contributed by atoms with Crippen molar-refractivity contribution in [1.29, 1.82) is 0 Å². The maximum atomic E-state index is 5.33. The highest BCUT2D eigenvalue weighted by Gasteiger charge is 2.00. The Hall–Kier alpha value is -2.18. The zero-order valence-corrected chi connectivity index (χ0v) is 14.6. The van der Waals surface area contributed by atoms with Crippen molar-refractivity contribution in [3.05, 3.63) is 77.0 Å². The van der Waals surface area contributed by atoms with Gasteiger partial charge in [-0.25, -0.2) is 0 Å². The van der Waals surface area contributed by atoms with Gasteiger partial charge in [0.25, 0.3) is 0 Å². The Labute approximate surface area is 148 Å². The zero-order chi connectivity index (χ0) is 16.1. The lowest BCUT2D eigenvalue weighted by Crippen LogP contribution is -2.18. The van der Waals surface area contributed by atoms with Gasteiger partial charge in [0.15, 0.2) is 5.11 Å². The Morgan fingerprint density at radius 2 is 1.61 bits per heavy atom. The number of thiocarbonyl (C=S) groups is 1. The Morgan fingerprint density at radius 3 is 2.17 bits per heavy atom. The molecule has 23 heavy (non-hydrogen) atoms. The average molecular weight is 387 g/mol. The molecule has 6 heteroatoms.